The minimum absolute atomic E-state index is 0.0203. The first-order valence-corrected chi connectivity index (χ1v) is 16.6. The number of fused-ring (bicyclic) bond motifs is 2. The summed E-state index contributed by atoms with van der Waals surface area (Å²) in [7, 11) is 1.74. The van der Waals surface area contributed by atoms with E-state index in [1.807, 2.05) is 31.2 Å². The van der Waals surface area contributed by atoms with Gasteiger partial charge in [0.25, 0.3) is 0 Å². The normalized spacial score (nSPS) is 27.0. The average Bonchev–Trinajstić information content (AvgIpc) is 3.46. The highest BCUT2D eigenvalue weighted by atomic mass is 16.5. The highest BCUT2D eigenvalue weighted by molar-refractivity contribution is 5.93. The Hall–Kier alpha value is -2.73. The van der Waals surface area contributed by atoms with Crippen LogP contribution in [0.1, 0.15) is 70.4 Å². The van der Waals surface area contributed by atoms with Gasteiger partial charge in [0.2, 0.25) is 17.7 Å². The fourth-order valence-electron chi connectivity index (χ4n) is 7.23. The minimum Gasteiger partial charge on any atom is -0.493 e. The molecule has 1 aromatic carbocycles. The van der Waals surface area contributed by atoms with Gasteiger partial charge in [-0.3, -0.25) is 19.3 Å². The third kappa shape index (κ3) is 7.73. The molecule has 3 fully saturated rings. The summed E-state index contributed by atoms with van der Waals surface area (Å²) >= 11 is 0. The number of rotatable bonds is 12. The van der Waals surface area contributed by atoms with Crippen molar-refractivity contribution in [3.63, 3.8) is 0 Å². The molecular formula is C33H51N5O6. The number of likely N-dealkylation sites (N-methyl/N-ethyl adjacent to an activating group) is 1. The lowest BCUT2D eigenvalue weighted by atomic mass is 9.82. The highest BCUT2D eigenvalue weighted by Crippen LogP contribution is 2.34. The van der Waals surface area contributed by atoms with Crippen molar-refractivity contribution in [3.8, 4) is 5.75 Å². The van der Waals surface area contributed by atoms with Crippen LogP contribution in [0.25, 0.3) is 0 Å². The largest absolute Gasteiger partial charge is 0.493 e. The number of hydrogen-bond donors (Lipinski definition) is 3. The van der Waals surface area contributed by atoms with Crippen molar-refractivity contribution in [2.45, 2.75) is 95.1 Å². The van der Waals surface area contributed by atoms with E-state index in [1.165, 1.54) is 0 Å². The molecule has 244 valence electrons. The molecule has 6 atom stereocenters. The monoisotopic (exact) mass is 613 g/mol. The zero-order valence-electron chi connectivity index (χ0n) is 26.6. The van der Waals surface area contributed by atoms with Gasteiger partial charge in [-0.05, 0) is 52.1 Å². The predicted molar refractivity (Wildman–Crippen MR) is 166 cm³/mol. The fraction of sp³-hybridized carbons (Fsp3) is 0.727. The number of nitrogens with zero attached hydrogens (tertiary/aromatic N) is 2. The molecular weight excluding hydrogens is 562 g/mol. The van der Waals surface area contributed by atoms with Gasteiger partial charge >= 0.3 is 0 Å². The Labute approximate surface area is 261 Å². The molecule has 0 aromatic heterocycles. The van der Waals surface area contributed by atoms with Crippen LogP contribution in [-0.2, 0) is 23.9 Å². The van der Waals surface area contributed by atoms with Crippen molar-refractivity contribution in [1.82, 2.24) is 25.8 Å². The molecule has 1 aromatic rings. The summed E-state index contributed by atoms with van der Waals surface area (Å²) < 4.78 is 17.4. The molecule has 3 heterocycles. The van der Waals surface area contributed by atoms with Crippen LogP contribution in [0.5, 0.6) is 5.75 Å². The van der Waals surface area contributed by atoms with Crippen LogP contribution in [0.2, 0.25) is 0 Å². The molecule has 1 saturated carbocycles. The van der Waals surface area contributed by atoms with Gasteiger partial charge in [-0.25, -0.2) is 0 Å². The Morgan fingerprint density at radius 2 is 1.84 bits per heavy atom. The van der Waals surface area contributed by atoms with E-state index in [-0.39, 0.29) is 41.8 Å². The van der Waals surface area contributed by atoms with Gasteiger partial charge in [0.1, 0.15) is 17.8 Å². The van der Waals surface area contributed by atoms with Crippen LogP contribution in [0, 0.1) is 5.92 Å². The average molecular weight is 614 g/mol. The molecule has 11 nitrogen and oxygen atoms in total. The fourth-order valence-corrected chi connectivity index (χ4v) is 7.23. The predicted octanol–water partition coefficient (Wildman–Crippen LogP) is 2.01. The number of amides is 3. The topological polar surface area (TPSA) is 121 Å². The smallest absolute Gasteiger partial charge is 0.246 e. The van der Waals surface area contributed by atoms with Gasteiger partial charge in [-0.2, -0.15) is 0 Å². The van der Waals surface area contributed by atoms with Gasteiger partial charge in [0.15, 0.2) is 0 Å². The Balaban J connectivity index is 1.37. The van der Waals surface area contributed by atoms with Crippen LogP contribution in [0.15, 0.2) is 24.3 Å². The van der Waals surface area contributed by atoms with E-state index in [1.54, 1.807) is 18.9 Å². The molecule has 11 heteroatoms. The lowest BCUT2D eigenvalue weighted by Gasteiger charge is -2.45. The van der Waals surface area contributed by atoms with Gasteiger partial charge in [-0.15, -0.1) is 0 Å². The van der Waals surface area contributed by atoms with Gasteiger partial charge in [0.05, 0.1) is 38.0 Å². The summed E-state index contributed by atoms with van der Waals surface area (Å²) in [6.45, 7) is 7.57. The van der Waals surface area contributed by atoms with Crippen molar-refractivity contribution in [1.29, 1.82) is 0 Å². The van der Waals surface area contributed by atoms with Gasteiger partial charge < -0.3 is 35.1 Å². The van der Waals surface area contributed by atoms with Crippen LogP contribution < -0.4 is 20.7 Å². The lowest BCUT2D eigenvalue weighted by Crippen LogP contribution is -2.66. The van der Waals surface area contributed by atoms with Crippen LogP contribution in [0.4, 0.5) is 0 Å². The summed E-state index contributed by atoms with van der Waals surface area (Å²) in [6, 6.07) is 5.92. The molecule has 0 unspecified atom stereocenters. The van der Waals surface area contributed by atoms with Crippen molar-refractivity contribution in [2.75, 3.05) is 53.1 Å². The second kappa shape index (κ2) is 15.5. The van der Waals surface area contributed by atoms with E-state index in [2.05, 4.69) is 20.9 Å². The number of benzene rings is 1. The number of hydrogen-bond acceptors (Lipinski definition) is 8. The lowest BCUT2D eigenvalue weighted by molar-refractivity contribution is -0.149. The van der Waals surface area contributed by atoms with Crippen LogP contribution in [0.3, 0.4) is 0 Å². The van der Waals surface area contributed by atoms with Crippen molar-refractivity contribution in [2.24, 2.45) is 5.92 Å². The molecule has 0 spiro atoms. The summed E-state index contributed by atoms with van der Waals surface area (Å²) in [6.07, 6.45) is 6.46. The molecule has 3 N–H and O–H groups in total. The highest BCUT2D eigenvalue weighted by Gasteiger charge is 2.47. The number of ether oxygens (including phenoxy) is 3. The molecule has 2 saturated heterocycles. The SMILES string of the molecule is CCOCCO[C@@H]1C[C@@H]2CN(C(=O)[C@@H](NC(=O)[C@H](C)NC)C3CCCCC3)[C@H](C(=O)N[C@@H]3CCOc4ccccc43)CN2C1. The molecule has 0 bridgehead atoms. The van der Waals surface area contributed by atoms with E-state index >= 15 is 0 Å². The summed E-state index contributed by atoms with van der Waals surface area (Å²) in [4.78, 5) is 45.9. The Morgan fingerprint density at radius 3 is 2.61 bits per heavy atom. The van der Waals surface area contributed by atoms with Crippen LogP contribution >= 0.6 is 0 Å². The number of piperazine rings is 1. The van der Waals surface area contributed by atoms with Crippen molar-refractivity contribution >= 4 is 17.7 Å². The van der Waals surface area contributed by atoms with Crippen molar-refractivity contribution < 1.29 is 28.6 Å². The zero-order chi connectivity index (χ0) is 31.1. The number of para-hydroxylation sites is 1. The summed E-state index contributed by atoms with van der Waals surface area (Å²) in [5.74, 6) is 0.314. The number of nitrogens with one attached hydrogen (secondary N) is 3. The molecule has 5 rings (SSSR count). The molecule has 3 aliphatic heterocycles. The van der Waals surface area contributed by atoms with E-state index in [0.29, 0.717) is 52.5 Å². The Kier molecular flexibility index (Phi) is 11.5. The summed E-state index contributed by atoms with van der Waals surface area (Å²) in [5, 5.41) is 9.37. The molecule has 44 heavy (non-hydrogen) atoms. The maximum absolute atomic E-state index is 14.6. The standard InChI is InChI=1S/C33H51N5O6/c1-4-42-16-17-43-25-18-24-19-38(33(41)30(23-10-6-5-7-11-23)36-31(39)22(2)34-3)28(21-37(24)20-25)32(40)35-27-14-15-44-29-13-9-8-12-26(27)29/h8-9,12-13,22-25,27-28,30,34H,4-7,10-11,14-21H2,1-3H3,(H,35,40)(H,36,39)/t22-,24+,25+,27+,28-,30-/m0/s1. The Morgan fingerprint density at radius 1 is 1.05 bits per heavy atom. The molecule has 4 aliphatic rings. The molecule has 3 amide bonds. The second-order valence-corrected chi connectivity index (χ2v) is 12.7. The van der Waals surface area contributed by atoms with E-state index in [0.717, 1.165) is 49.8 Å². The quantitative estimate of drug-likeness (QED) is 0.306. The second-order valence-electron chi connectivity index (χ2n) is 12.7. The first-order valence-electron chi connectivity index (χ1n) is 16.6. The minimum atomic E-state index is -0.680. The number of carbonyl (C=O) groups is 3. The van der Waals surface area contributed by atoms with E-state index < -0.39 is 18.1 Å². The van der Waals surface area contributed by atoms with E-state index in [4.69, 9.17) is 14.2 Å². The number of carbonyl (C=O) groups excluding carboxylic acids is 3. The maximum Gasteiger partial charge on any atom is 0.246 e. The summed E-state index contributed by atoms with van der Waals surface area (Å²) in [5.41, 5.74) is 0.955. The third-order valence-corrected chi connectivity index (χ3v) is 9.84. The van der Waals surface area contributed by atoms with Gasteiger partial charge in [0, 0.05) is 44.3 Å². The first-order chi connectivity index (χ1) is 21.4. The molecule has 1 aliphatic carbocycles. The van der Waals surface area contributed by atoms with Crippen LogP contribution in [-0.4, -0.2) is 111 Å². The Bertz CT molecular complexity index is 1130. The maximum atomic E-state index is 14.6. The van der Waals surface area contributed by atoms with Crippen molar-refractivity contribution in [3.05, 3.63) is 29.8 Å². The zero-order valence-corrected chi connectivity index (χ0v) is 26.6. The third-order valence-electron chi connectivity index (χ3n) is 9.84. The van der Waals surface area contributed by atoms with Gasteiger partial charge in [-0.1, -0.05) is 37.5 Å². The molecule has 0 radical (unpaired) electrons. The van der Waals surface area contributed by atoms with E-state index in [9.17, 15) is 14.4 Å². The first kappa shape index (κ1) is 32.7.